The summed E-state index contributed by atoms with van der Waals surface area (Å²) in [4.78, 5) is 5.05. The number of anilines is 1. The van der Waals surface area contributed by atoms with Crippen LogP contribution >= 0.6 is 11.3 Å². The summed E-state index contributed by atoms with van der Waals surface area (Å²) in [6.45, 7) is 1.85. The summed E-state index contributed by atoms with van der Waals surface area (Å²) >= 11 is 1.37. The van der Waals surface area contributed by atoms with Crippen molar-refractivity contribution in [3.8, 4) is 0 Å². The lowest BCUT2D eigenvalue weighted by atomic mass is 10.1. The van der Waals surface area contributed by atoms with Gasteiger partial charge in [-0.2, -0.15) is 0 Å². The van der Waals surface area contributed by atoms with Crippen LogP contribution in [-0.4, -0.2) is 4.98 Å². The first-order chi connectivity index (χ1) is 7.56. The average Bonchev–Trinajstić information content (AvgIpc) is 2.51. The normalized spacial score (nSPS) is 10.7. The standard InChI is InChI=1S/C11H10F2N2S/c1-6-10(16-11(14)15-6)5-7-2-3-8(12)9(13)4-7/h2-4H,5H2,1H3,(H2,14,15). The van der Waals surface area contributed by atoms with Gasteiger partial charge in [0.1, 0.15) is 0 Å². The van der Waals surface area contributed by atoms with Gasteiger partial charge in [0.15, 0.2) is 16.8 Å². The maximum Gasteiger partial charge on any atom is 0.180 e. The summed E-state index contributed by atoms with van der Waals surface area (Å²) in [5.41, 5.74) is 7.11. The van der Waals surface area contributed by atoms with Gasteiger partial charge in [-0.15, -0.1) is 11.3 Å². The average molecular weight is 240 g/mol. The van der Waals surface area contributed by atoms with E-state index in [1.165, 1.54) is 17.4 Å². The van der Waals surface area contributed by atoms with Gasteiger partial charge in [0.05, 0.1) is 5.69 Å². The van der Waals surface area contributed by atoms with Gasteiger partial charge in [-0.3, -0.25) is 0 Å². The first-order valence-corrected chi connectivity index (χ1v) is 5.53. The Balaban J connectivity index is 2.27. The fraction of sp³-hybridized carbons (Fsp3) is 0.182. The Morgan fingerprint density at radius 1 is 1.31 bits per heavy atom. The second-order valence-electron chi connectivity index (χ2n) is 3.49. The van der Waals surface area contributed by atoms with Crippen LogP contribution in [0.2, 0.25) is 0 Å². The molecule has 0 aliphatic rings. The number of hydrogen-bond acceptors (Lipinski definition) is 3. The zero-order valence-corrected chi connectivity index (χ0v) is 9.44. The summed E-state index contributed by atoms with van der Waals surface area (Å²) in [5.74, 6) is -1.66. The van der Waals surface area contributed by atoms with Crippen molar-refractivity contribution in [2.75, 3.05) is 5.73 Å². The van der Waals surface area contributed by atoms with Crippen molar-refractivity contribution in [2.24, 2.45) is 0 Å². The van der Waals surface area contributed by atoms with Crippen LogP contribution in [0.15, 0.2) is 18.2 Å². The summed E-state index contributed by atoms with van der Waals surface area (Å²) < 4.78 is 25.7. The Kier molecular flexibility index (Phi) is 2.87. The molecule has 1 aromatic carbocycles. The lowest BCUT2D eigenvalue weighted by Crippen LogP contribution is -1.91. The Hall–Kier alpha value is -1.49. The molecule has 0 unspecified atom stereocenters. The number of nitrogens with two attached hydrogens (primary N) is 1. The molecule has 0 fully saturated rings. The van der Waals surface area contributed by atoms with E-state index in [1.807, 2.05) is 6.92 Å². The molecule has 0 radical (unpaired) electrons. The maximum atomic E-state index is 13.0. The second kappa shape index (κ2) is 4.17. The zero-order chi connectivity index (χ0) is 11.7. The molecule has 0 saturated heterocycles. The third-order valence-corrected chi connectivity index (χ3v) is 3.24. The van der Waals surface area contributed by atoms with Crippen LogP contribution < -0.4 is 5.73 Å². The van der Waals surface area contributed by atoms with Gasteiger partial charge in [0, 0.05) is 11.3 Å². The third-order valence-electron chi connectivity index (χ3n) is 2.26. The number of rotatable bonds is 2. The van der Waals surface area contributed by atoms with E-state index < -0.39 is 11.6 Å². The number of aromatic nitrogens is 1. The topological polar surface area (TPSA) is 38.9 Å². The van der Waals surface area contributed by atoms with Crippen LogP contribution in [-0.2, 0) is 6.42 Å². The molecule has 16 heavy (non-hydrogen) atoms. The lowest BCUT2D eigenvalue weighted by Gasteiger charge is -2.00. The summed E-state index contributed by atoms with van der Waals surface area (Å²) in [6.07, 6.45) is 0.526. The highest BCUT2D eigenvalue weighted by Gasteiger charge is 2.08. The second-order valence-corrected chi connectivity index (χ2v) is 4.60. The number of nitrogen functional groups attached to an aromatic ring is 1. The van der Waals surface area contributed by atoms with E-state index in [4.69, 9.17) is 5.73 Å². The summed E-state index contributed by atoms with van der Waals surface area (Å²) in [5, 5.41) is 0.495. The minimum absolute atomic E-state index is 0.495. The molecule has 1 heterocycles. The van der Waals surface area contributed by atoms with Gasteiger partial charge in [-0.05, 0) is 24.6 Å². The summed E-state index contributed by atoms with van der Waals surface area (Å²) in [6, 6.07) is 3.89. The van der Waals surface area contributed by atoms with Gasteiger partial charge in [0.25, 0.3) is 0 Å². The molecule has 2 N–H and O–H groups in total. The maximum absolute atomic E-state index is 13.0. The van der Waals surface area contributed by atoms with Gasteiger partial charge in [-0.1, -0.05) is 6.07 Å². The Labute approximate surface area is 95.7 Å². The van der Waals surface area contributed by atoms with Crippen LogP contribution in [0, 0.1) is 18.6 Å². The molecule has 0 bridgehead atoms. The smallest absolute Gasteiger partial charge is 0.180 e. The minimum Gasteiger partial charge on any atom is -0.375 e. The minimum atomic E-state index is -0.829. The van der Waals surface area contributed by atoms with Crippen LogP contribution in [0.3, 0.4) is 0 Å². The van der Waals surface area contributed by atoms with E-state index in [0.717, 1.165) is 16.6 Å². The van der Waals surface area contributed by atoms with Crippen molar-refractivity contribution in [1.82, 2.24) is 4.98 Å². The molecule has 0 saturated carbocycles. The fourth-order valence-electron chi connectivity index (χ4n) is 1.45. The van der Waals surface area contributed by atoms with E-state index in [0.29, 0.717) is 17.1 Å². The Morgan fingerprint density at radius 2 is 2.06 bits per heavy atom. The highest BCUT2D eigenvalue weighted by molar-refractivity contribution is 7.15. The molecule has 0 aliphatic heterocycles. The van der Waals surface area contributed by atoms with Crippen molar-refractivity contribution in [3.63, 3.8) is 0 Å². The van der Waals surface area contributed by atoms with Crippen molar-refractivity contribution in [2.45, 2.75) is 13.3 Å². The predicted octanol–water partition coefficient (Wildman–Crippen LogP) is 2.90. The SMILES string of the molecule is Cc1nc(N)sc1Cc1ccc(F)c(F)c1. The van der Waals surface area contributed by atoms with Crippen molar-refractivity contribution >= 4 is 16.5 Å². The quantitative estimate of drug-likeness (QED) is 0.876. The van der Waals surface area contributed by atoms with Crippen LogP contribution in [0.5, 0.6) is 0 Å². The number of halogens is 2. The largest absolute Gasteiger partial charge is 0.375 e. The van der Waals surface area contributed by atoms with E-state index >= 15 is 0 Å². The fourth-order valence-corrected chi connectivity index (χ4v) is 2.32. The number of benzene rings is 1. The first-order valence-electron chi connectivity index (χ1n) is 4.72. The van der Waals surface area contributed by atoms with E-state index in [9.17, 15) is 8.78 Å². The molecule has 84 valence electrons. The molecule has 0 atom stereocenters. The van der Waals surface area contributed by atoms with E-state index in [1.54, 1.807) is 6.07 Å². The molecule has 2 rings (SSSR count). The molecule has 0 amide bonds. The molecule has 0 aliphatic carbocycles. The summed E-state index contributed by atoms with van der Waals surface area (Å²) in [7, 11) is 0. The van der Waals surface area contributed by atoms with E-state index in [-0.39, 0.29) is 0 Å². The van der Waals surface area contributed by atoms with E-state index in [2.05, 4.69) is 4.98 Å². The zero-order valence-electron chi connectivity index (χ0n) is 8.63. The molecule has 1 aromatic heterocycles. The first kappa shape index (κ1) is 11.0. The van der Waals surface area contributed by atoms with Crippen molar-refractivity contribution in [1.29, 1.82) is 0 Å². The molecular weight excluding hydrogens is 230 g/mol. The molecule has 0 spiro atoms. The number of nitrogens with zero attached hydrogens (tertiary/aromatic N) is 1. The van der Waals surface area contributed by atoms with Gasteiger partial charge < -0.3 is 5.73 Å². The molecule has 5 heteroatoms. The molecule has 2 nitrogen and oxygen atoms in total. The van der Waals surface area contributed by atoms with Crippen LogP contribution in [0.4, 0.5) is 13.9 Å². The monoisotopic (exact) mass is 240 g/mol. The van der Waals surface area contributed by atoms with Crippen LogP contribution in [0.25, 0.3) is 0 Å². The van der Waals surface area contributed by atoms with Crippen molar-refractivity contribution in [3.05, 3.63) is 46.0 Å². The molecule has 2 aromatic rings. The van der Waals surface area contributed by atoms with Gasteiger partial charge in [0.2, 0.25) is 0 Å². The Morgan fingerprint density at radius 3 is 2.62 bits per heavy atom. The number of thiazole rings is 1. The lowest BCUT2D eigenvalue weighted by molar-refractivity contribution is 0.507. The van der Waals surface area contributed by atoms with Gasteiger partial charge in [-0.25, -0.2) is 13.8 Å². The number of hydrogen-bond donors (Lipinski definition) is 1. The highest BCUT2D eigenvalue weighted by Crippen LogP contribution is 2.23. The Bertz CT molecular complexity index is 523. The molecular formula is C11H10F2N2S. The van der Waals surface area contributed by atoms with Crippen LogP contribution in [0.1, 0.15) is 16.1 Å². The van der Waals surface area contributed by atoms with Crippen molar-refractivity contribution < 1.29 is 8.78 Å². The highest BCUT2D eigenvalue weighted by atomic mass is 32.1. The number of aryl methyl sites for hydroxylation is 1. The van der Waals surface area contributed by atoms with Gasteiger partial charge >= 0.3 is 0 Å². The predicted molar refractivity (Wildman–Crippen MR) is 60.4 cm³/mol. The third kappa shape index (κ3) is 2.19.